The van der Waals surface area contributed by atoms with E-state index in [1.54, 1.807) is 22.3 Å². The molecule has 2 aliphatic carbocycles. The quantitative estimate of drug-likeness (QED) is 0.170. The maximum Gasteiger partial charge on any atom is -0.147 e. The van der Waals surface area contributed by atoms with Crippen molar-refractivity contribution in [3.8, 4) is 22.3 Å². The van der Waals surface area contributed by atoms with Crippen LogP contribution in [0.4, 0.5) is 0 Å². The number of rotatable bonds is 6. The van der Waals surface area contributed by atoms with Crippen LogP contribution in [0.25, 0.3) is 33.4 Å². The van der Waals surface area contributed by atoms with E-state index >= 15 is 0 Å². The van der Waals surface area contributed by atoms with Crippen molar-refractivity contribution < 1.29 is 17.4 Å². The number of benzene rings is 4. The van der Waals surface area contributed by atoms with Crippen LogP contribution in [0.1, 0.15) is 136 Å². The molecule has 0 spiro atoms. The van der Waals surface area contributed by atoms with Gasteiger partial charge >= 0.3 is 309 Å². The Morgan fingerprint density at radius 2 is 0.827 bits per heavy atom. The van der Waals surface area contributed by atoms with Crippen molar-refractivity contribution in [3.05, 3.63) is 129 Å². The van der Waals surface area contributed by atoms with E-state index in [4.69, 9.17) is 0 Å². The molecular formula is C48H64Cl2SiZr. The van der Waals surface area contributed by atoms with E-state index in [9.17, 15) is 0 Å². The Labute approximate surface area is 331 Å². The fraction of sp³-hybridized carbons (Fsp3) is 0.417. The van der Waals surface area contributed by atoms with Crippen molar-refractivity contribution in [2.24, 2.45) is 10.8 Å². The molecule has 0 heterocycles. The van der Waals surface area contributed by atoms with Crippen LogP contribution in [0.3, 0.4) is 0 Å². The normalized spacial score (nSPS) is 17.7. The first kappa shape index (κ1) is 42.8. The van der Waals surface area contributed by atoms with Gasteiger partial charge in [0.1, 0.15) is 0 Å². The Bertz CT molecular complexity index is 1960. The minimum absolute atomic E-state index is 0. The molecule has 0 fully saturated rings. The van der Waals surface area contributed by atoms with Crippen LogP contribution >= 0.6 is 24.8 Å². The van der Waals surface area contributed by atoms with Gasteiger partial charge in [-0.05, 0) is 0 Å². The molecule has 4 aromatic rings. The fourth-order valence-electron chi connectivity index (χ4n) is 10.2. The van der Waals surface area contributed by atoms with Crippen LogP contribution in [0.2, 0.25) is 9.26 Å². The molecular weight excluding hydrogens is 767 g/mol. The van der Waals surface area contributed by atoms with Gasteiger partial charge in [-0.15, -0.1) is 24.8 Å². The van der Waals surface area contributed by atoms with Crippen LogP contribution in [-0.2, 0) is 17.4 Å². The van der Waals surface area contributed by atoms with Gasteiger partial charge in [-0.1, -0.05) is 0 Å². The fourth-order valence-corrected chi connectivity index (χ4v) is 30.1. The molecule has 4 heteroatoms. The smallest absolute Gasteiger partial charge is 0.147 e. The van der Waals surface area contributed by atoms with Crippen molar-refractivity contribution in [2.45, 2.75) is 111 Å². The number of hydrogen-bond donors (Lipinski definition) is 0. The zero-order valence-electron chi connectivity index (χ0n) is 34.4. The van der Waals surface area contributed by atoms with Crippen LogP contribution in [0.15, 0.2) is 96.1 Å². The molecule has 0 amide bonds. The molecule has 6 rings (SSSR count). The van der Waals surface area contributed by atoms with Gasteiger partial charge in [0.25, 0.3) is 0 Å². The van der Waals surface area contributed by atoms with Gasteiger partial charge in [-0.2, -0.15) is 0 Å². The molecule has 0 N–H and O–H groups in total. The summed E-state index contributed by atoms with van der Waals surface area (Å²) in [5, 5.41) is 0. The molecule has 0 radical (unpaired) electrons. The monoisotopic (exact) mass is 828 g/mol. The predicted octanol–water partition coefficient (Wildman–Crippen LogP) is 14.9. The summed E-state index contributed by atoms with van der Waals surface area (Å²) in [6, 6.07) is 33.3. The SMILES string of the molecule is CC1=C(C(C)(C)C)[CH]([Zr]([CH3])([CH3])(=[SiH2])[CH]2C(C(C)(C)C)=C(C)c3c(-c4ccc(C(C)C)cc4)cccc32)c2cccc(-c3ccc(C(C)C)cc3)c21.Cl.Cl. The largest absolute Gasteiger partial charge is 0.147 e. The second-order valence-corrected chi connectivity index (χ2v) is 49.9. The van der Waals surface area contributed by atoms with Crippen LogP contribution < -0.4 is 0 Å². The van der Waals surface area contributed by atoms with Crippen molar-refractivity contribution >= 4 is 42.8 Å². The van der Waals surface area contributed by atoms with Crippen molar-refractivity contribution in [3.63, 3.8) is 0 Å². The summed E-state index contributed by atoms with van der Waals surface area (Å²) < 4.78 is 6.56. The van der Waals surface area contributed by atoms with Gasteiger partial charge in [0, 0.05) is 0 Å². The number of hydrogen-bond acceptors (Lipinski definition) is 0. The maximum atomic E-state index is 2.82. The van der Waals surface area contributed by atoms with E-state index in [0.29, 0.717) is 19.1 Å². The third-order valence-corrected chi connectivity index (χ3v) is 29.3. The van der Waals surface area contributed by atoms with E-state index in [-0.39, 0.29) is 35.6 Å². The minimum Gasteiger partial charge on any atom is -0.147 e. The molecule has 2 atom stereocenters. The van der Waals surface area contributed by atoms with E-state index in [2.05, 4.69) is 184 Å². The summed E-state index contributed by atoms with van der Waals surface area (Å²) in [6.45, 7) is 31.4. The molecule has 4 aromatic carbocycles. The van der Waals surface area contributed by atoms with Crippen LogP contribution in [0.5, 0.6) is 0 Å². The first-order valence-electron chi connectivity index (χ1n) is 19.1. The van der Waals surface area contributed by atoms with Gasteiger partial charge in [-0.3, -0.25) is 0 Å². The molecule has 278 valence electrons. The molecule has 0 bridgehead atoms. The summed E-state index contributed by atoms with van der Waals surface area (Å²) in [5.41, 5.74) is 21.0. The third kappa shape index (κ3) is 7.14. The molecule has 52 heavy (non-hydrogen) atoms. The van der Waals surface area contributed by atoms with Gasteiger partial charge in [0.15, 0.2) is 0 Å². The topological polar surface area (TPSA) is 0 Å². The Morgan fingerprint density at radius 3 is 1.10 bits per heavy atom. The van der Waals surface area contributed by atoms with Gasteiger partial charge in [0.2, 0.25) is 0 Å². The summed E-state index contributed by atoms with van der Waals surface area (Å²) in [5.74, 6) is 1.06. The number of fused-ring (bicyclic) bond motifs is 2. The van der Waals surface area contributed by atoms with Crippen LogP contribution in [-0.4, -0.2) is 6.88 Å². The Balaban J connectivity index is 0.00000302. The number of allylic oxidation sites excluding steroid dienone is 4. The zero-order valence-corrected chi connectivity index (χ0v) is 39.9. The molecule has 0 aromatic heterocycles. The molecule has 0 aliphatic heterocycles. The first-order chi connectivity index (χ1) is 23.1. The second-order valence-electron chi connectivity index (χ2n) is 19.5. The van der Waals surface area contributed by atoms with Crippen molar-refractivity contribution in [2.75, 3.05) is 0 Å². The van der Waals surface area contributed by atoms with E-state index in [1.807, 2.05) is 0 Å². The van der Waals surface area contributed by atoms with Crippen LogP contribution in [0, 0.1) is 10.8 Å². The summed E-state index contributed by atoms with van der Waals surface area (Å²) in [6.07, 6.45) is 0. The molecule has 0 nitrogen and oxygen atoms in total. The predicted molar refractivity (Wildman–Crippen MR) is 236 cm³/mol. The van der Waals surface area contributed by atoms with Gasteiger partial charge < -0.3 is 0 Å². The van der Waals surface area contributed by atoms with E-state index in [1.165, 1.54) is 55.7 Å². The Kier molecular flexibility index (Phi) is 12.0. The maximum absolute atomic E-state index is 3.95. The average molecular weight is 831 g/mol. The molecule has 0 saturated carbocycles. The van der Waals surface area contributed by atoms with E-state index in [0.717, 1.165) is 0 Å². The molecule has 2 aliphatic rings. The van der Waals surface area contributed by atoms with Crippen molar-refractivity contribution in [1.82, 2.24) is 0 Å². The Morgan fingerprint density at radius 1 is 0.519 bits per heavy atom. The van der Waals surface area contributed by atoms with Gasteiger partial charge in [-0.25, -0.2) is 0 Å². The average Bonchev–Trinajstić information content (AvgIpc) is 3.54. The zero-order chi connectivity index (χ0) is 36.7. The standard InChI is InChI=1S/2C23H27.2CH3.2ClH.H2Si.Zr/c2*1-15(2)17-10-12-18(13-11-17)20-9-7-8-19-14-21(23(4,5)6)16(3)22(19)20;;;;;;/h2*7-15H,1-6H3;2*1H3;2*1H;1H2;. The minimum atomic E-state index is -3.95. The molecule has 0 saturated heterocycles. The third-order valence-electron chi connectivity index (χ3n) is 12.2. The number of halogens is 2. The molecule has 2 unspecified atom stereocenters. The first-order valence-corrected chi connectivity index (χ1v) is 32.8. The Hall–Kier alpha value is -1.96. The van der Waals surface area contributed by atoms with Gasteiger partial charge in [0.05, 0.1) is 0 Å². The summed E-state index contributed by atoms with van der Waals surface area (Å²) >= 11 is -3.95. The van der Waals surface area contributed by atoms with E-state index < -0.39 is 17.4 Å². The summed E-state index contributed by atoms with van der Waals surface area (Å²) in [7, 11) is 0. The van der Waals surface area contributed by atoms with Crippen molar-refractivity contribution in [1.29, 1.82) is 0 Å². The summed E-state index contributed by atoms with van der Waals surface area (Å²) in [4.78, 5) is 0. The second kappa shape index (κ2) is 14.6.